The fraction of sp³-hybridized carbons (Fsp3) is 0.0286. The third-order valence-corrected chi connectivity index (χ3v) is 10.7. The van der Waals surface area contributed by atoms with Crippen LogP contribution in [0.25, 0.3) is 33.7 Å². The quantitative estimate of drug-likeness (QED) is 0.0404. The second-order valence-electron chi connectivity index (χ2n) is 11.7. The summed E-state index contributed by atoms with van der Waals surface area (Å²) < 4.78 is 102. The van der Waals surface area contributed by atoms with Gasteiger partial charge >= 0.3 is 0 Å². The molecule has 0 aliphatic rings. The van der Waals surface area contributed by atoms with Crippen LogP contribution in [0.15, 0.2) is 132 Å². The third kappa shape index (κ3) is 8.12. The molecule has 0 saturated heterocycles. The Bertz CT molecular complexity index is 2910. The van der Waals surface area contributed by atoms with Crippen LogP contribution < -0.4 is 11.5 Å². The molecule has 0 unspecified atom stereocenters. The maximum atomic E-state index is 12.4. The van der Waals surface area contributed by atoms with Crippen molar-refractivity contribution in [3.05, 3.63) is 114 Å². The van der Waals surface area contributed by atoms with Crippen LogP contribution in [0.4, 0.5) is 34.1 Å². The molecule has 270 valence electrons. The molecular weight excluding hydrogens is 745 g/mol. The maximum Gasteiger partial charge on any atom is 0.295 e. The van der Waals surface area contributed by atoms with Crippen LogP contribution in [0, 0.1) is 6.92 Å². The van der Waals surface area contributed by atoms with E-state index in [1.807, 2.05) is 31.2 Å². The number of hydrogen-bond donors (Lipinski definition) is 5. The van der Waals surface area contributed by atoms with Crippen LogP contribution in [-0.2, 0) is 30.4 Å². The highest BCUT2D eigenvalue weighted by Gasteiger charge is 2.18. The molecule has 0 aliphatic carbocycles. The molecule has 6 aromatic rings. The summed E-state index contributed by atoms with van der Waals surface area (Å²) in [6.45, 7) is 1.94. The number of azo groups is 2. The van der Waals surface area contributed by atoms with E-state index >= 15 is 0 Å². The van der Waals surface area contributed by atoms with Crippen molar-refractivity contribution in [2.45, 2.75) is 21.6 Å². The topological polar surface area (TPSA) is 265 Å². The van der Waals surface area contributed by atoms with Crippen molar-refractivity contribution in [3.63, 3.8) is 0 Å². The molecule has 6 aromatic carbocycles. The van der Waals surface area contributed by atoms with Crippen LogP contribution in [0.3, 0.4) is 0 Å². The number of aryl methyl sites for hydroxylation is 1. The summed E-state index contributed by atoms with van der Waals surface area (Å²) >= 11 is 0. The molecule has 6 rings (SSSR count). The van der Waals surface area contributed by atoms with E-state index in [2.05, 4.69) is 20.5 Å². The highest BCUT2D eigenvalue weighted by Crippen LogP contribution is 2.37. The average molecular weight is 773 g/mol. The van der Waals surface area contributed by atoms with Crippen molar-refractivity contribution >= 4 is 98.2 Å². The highest BCUT2D eigenvalue weighted by molar-refractivity contribution is 7.86. The van der Waals surface area contributed by atoms with Gasteiger partial charge in [-0.25, -0.2) is 0 Å². The van der Waals surface area contributed by atoms with Gasteiger partial charge in [0.25, 0.3) is 30.4 Å². The predicted molar refractivity (Wildman–Crippen MR) is 201 cm³/mol. The first-order chi connectivity index (χ1) is 24.9. The summed E-state index contributed by atoms with van der Waals surface area (Å²) in [5.41, 5.74) is 14.2. The molecule has 0 spiro atoms. The van der Waals surface area contributed by atoms with E-state index in [9.17, 15) is 38.9 Å². The van der Waals surface area contributed by atoms with Gasteiger partial charge < -0.3 is 11.5 Å². The van der Waals surface area contributed by atoms with Crippen molar-refractivity contribution in [2.75, 3.05) is 11.5 Å². The van der Waals surface area contributed by atoms with E-state index in [-0.39, 0.29) is 38.8 Å². The molecule has 0 amide bonds. The Morgan fingerprint density at radius 2 is 0.962 bits per heavy atom. The number of nitrogens with zero attached hydrogens (tertiary/aromatic N) is 4. The van der Waals surface area contributed by atoms with Crippen molar-refractivity contribution in [2.24, 2.45) is 20.5 Å². The second kappa shape index (κ2) is 13.9. The van der Waals surface area contributed by atoms with Crippen molar-refractivity contribution in [3.8, 4) is 0 Å². The minimum absolute atomic E-state index is 0.0314. The summed E-state index contributed by atoms with van der Waals surface area (Å²) in [5, 5.41) is 18.9. The van der Waals surface area contributed by atoms with E-state index in [4.69, 9.17) is 11.5 Å². The zero-order valence-electron chi connectivity index (χ0n) is 27.4. The molecule has 7 N–H and O–H groups in total. The van der Waals surface area contributed by atoms with Gasteiger partial charge in [0.15, 0.2) is 0 Å². The minimum atomic E-state index is -4.87. The van der Waals surface area contributed by atoms with Gasteiger partial charge in [-0.1, -0.05) is 66.2 Å². The molecule has 15 nitrogen and oxygen atoms in total. The summed E-state index contributed by atoms with van der Waals surface area (Å²) in [5.74, 6) is 0. The lowest BCUT2D eigenvalue weighted by atomic mass is 10.1. The lowest BCUT2D eigenvalue weighted by Crippen LogP contribution is -2.01. The van der Waals surface area contributed by atoms with Crippen molar-refractivity contribution in [1.29, 1.82) is 0 Å². The Labute approximate surface area is 303 Å². The van der Waals surface area contributed by atoms with E-state index in [0.717, 1.165) is 34.5 Å². The molecule has 0 aromatic heterocycles. The van der Waals surface area contributed by atoms with Crippen LogP contribution in [0.2, 0.25) is 0 Å². The van der Waals surface area contributed by atoms with Gasteiger partial charge in [-0.15, -0.1) is 10.2 Å². The zero-order chi connectivity index (χ0) is 38.3. The predicted octanol–water partition coefficient (Wildman–Crippen LogP) is 8.21. The highest BCUT2D eigenvalue weighted by atomic mass is 32.2. The Morgan fingerprint density at radius 3 is 1.42 bits per heavy atom. The summed E-state index contributed by atoms with van der Waals surface area (Å²) in [4.78, 5) is -1.50. The van der Waals surface area contributed by atoms with Gasteiger partial charge in [-0.3, -0.25) is 13.7 Å². The molecule has 18 heteroatoms. The lowest BCUT2D eigenvalue weighted by molar-refractivity contribution is 0.480. The monoisotopic (exact) mass is 772 g/mol. The Kier molecular flexibility index (Phi) is 9.69. The van der Waals surface area contributed by atoms with Crippen LogP contribution in [0.5, 0.6) is 0 Å². The number of rotatable bonds is 9. The number of nitrogen functional groups attached to an aromatic ring is 2. The first-order valence-corrected chi connectivity index (χ1v) is 19.5. The van der Waals surface area contributed by atoms with Gasteiger partial charge in [0.2, 0.25) is 0 Å². The number of nitrogens with two attached hydrogens (primary N) is 2. The molecule has 0 saturated carbocycles. The zero-order valence-corrected chi connectivity index (χ0v) is 29.8. The van der Waals surface area contributed by atoms with Crippen LogP contribution in [0.1, 0.15) is 16.7 Å². The Hall–Kier alpha value is -5.89. The molecule has 0 bridgehead atoms. The molecule has 0 fully saturated rings. The van der Waals surface area contributed by atoms with Crippen molar-refractivity contribution in [1.82, 2.24) is 0 Å². The van der Waals surface area contributed by atoms with E-state index in [1.54, 1.807) is 6.07 Å². The van der Waals surface area contributed by atoms with Crippen LogP contribution in [-0.4, -0.2) is 38.9 Å². The lowest BCUT2D eigenvalue weighted by Gasteiger charge is -2.08. The van der Waals surface area contributed by atoms with Gasteiger partial charge in [0, 0.05) is 10.8 Å². The fourth-order valence-electron chi connectivity index (χ4n) is 5.43. The van der Waals surface area contributed by atoms with Crippen molar-refractivity contribution < 1.29 is 38.9 Å². The fourth-order valence-corrected chi connectivity index (χ4v) is 7.35. The molecule has 53 heavy (non-hydrogen) atoms. The van der Waals surface area contributed by atoms with E-state index < -0.39 is 40.1 Å². The molecule has 0 atom stereocenters. The summed E-state index contributed by atoms with van der Waals surface area (Å²) in [6.07, 6.45) is 2.43. The van der Waals surface area contributed by atoms with Gasteiger partial charge in [0.1, 0.15) is 21.2 Å². The average Bonchev–Trinajstić information content (AvgIpc) is 3.09. The number of anilines is 2. The molecular formula is C35H28N6O9S3. The first kappa shape index (κ1) is 36.9. The number of hydrogen-bond acceptors (Lipinski definition) is 12. The SMILES string of the molecule is Cc1ccc2c(N=Nc3ccc(/C=C/c4ccc(N=Nc5c(N)ccc6cc(S(=O)(=O)O)ccc56)cc4S(=O)(=O)O)c(S(=O)(=O)O)c3)c(N)ccc2c1. The van der Waals surface area contributed by atoms with Crippen LogP contribution >= 0.6 is 0 Å². The normalized spacial score (nSPS) is 12.9. The van der Waals surface area contributed by atoms with Gasteiger partial charge in [-0.05, 0) is 77.4 Å². The number of fused-ring (bicyclic) bond motifs is 2. The number of benzene rings is 6. The minimum Gasteiger partial charge on any atom is -0.397 e. The van der Waals surface area contributed by atoms with Gasteiger partial charge in [-0.2, -0.15) is 35.5 Å². The van der Waals surface area contributed by atoms with E-state index in [0.29, 0.717) is 22.1 Å². The third-order valence-electron chi connectivity index (χ3n) is 7.99. The Balaban J connectivity index is 1.33. The Morgan fingerprint density at radius 1 is 0.509 bits per heavy atom. The smallest absolute Gasteiger partial charge is 0.295 e. The maximum absolute atomic E-state index is 12.4. The first-order valence-electron chi connectivity index (χ1n) is 15.2. The molecule has 0 radical (unpaired) electrons. The largest absolute Gasteiger partial charge is 0.397 e. The van der Waals surface area contributed by atoms with Gasteiger partial charge in [0.05, 0.1) is 27.6 Å². The molecule has 0 heterocycles. The summed E-state index contributed by atoms with van der Waals surface area (Å²) in [6, 6.07) is 23.4. The molecule has 0 aliphatic heterocycles. The standard InChI is InChI=1S/C35H28N6O9S3/c1-20-2-12-28-23(16-20)7-14-30(36)34(28)40-38-25-9-5-21(32(18-25)52(45,46)47)3-4-22-6-10-26(19-33(22)53(48,49)50)39-41-35-29-13-11-27(51(42,43)44)17-24(29)8-15-31(35)37/h2-19H,36-37H2,1H3,(H,42,43,44)(H,45,46,47)(H,48,49,50)/b4-3+,40-38?,41-39?. The van der Waals surface area contributed by atoms with E-state index in [1.165, 1.54) is 60.7 Å². The summed E-state index contributed by atoms with van der Waals surface area (Å²) in [7, 11) is -14.2. The second-order valence-corrected chi connectivity index (χ2v) is 15.9.